The normalized spacial score (nSPS) is 19.3. The standard InChI is InChI=1S/C76H82BN3S/c1-70(2,3)53-32-33-61(69-67(53)51-28-22-23-29-66(51)81-69)80-63-46-58-56(74(10,11)37-39-76(58,14)15)44-60(63)77-59-43-55-57(75(12,13)38-36-73(55,8)9)45-62(59)79(49-30-31-52-54(40-49)72(6,7)35-34-71(52,4)5)64-41-50(42-65(80)68(64)77)78(47-24-18-16-19-25-47)48-26-20-17-21-27-48/h16-33,40-46H,34-39H2,1-15H3. The summed E-state index contributed by atoms with van der Waals surface area (Å²) in [5.41, 5.74) is 25.7. The van der Waals surface area contributed by atoms with E-state index >= 15 is 0 Å². The molecule has 0 amide bonds. The molecule has 0 saturated heterocycles. The summed E-state index contributed by atoms with van der Waals surface area (Å²) in [7, 11) is 0. The topological polar surface area (TPSA) is 9.72 Å². The Morgan fingerprint density at radius 2 is 0.852 bits per heavy atom. The van der Waals surface area contributed by atoms with E-state index < -0.39 is 0 Å². The number of benzene rings is 8. The zero-order valence-electron chi connectivity index (χ0n) is 51.0. The van der Waals surface area contributed by atoms with Gasteiger partial charge in [-0.2, -0.15) is 0 Å². The van der Waals surface area contributed by atoms with Crippen molar-refractivity contribution in [3.63, 3.8) is 0 Å². The maximum atomic E-state index is 2.78. The zero-order chi connectivity index (χ0) is 56.7. The molecule has 5 aliphatic rings. The van der Waals surface area contributed by atoms with Crippen LogP contribution in [0.15, 0.2) is 152 Å². The fraction of sp³-hybridized carbons (Fsp3) is 0.368. The van der Waals surface area contributed by atoms with Crippen molar-refractivity contribution in [2.45, 2.75) is 180 Å². The molecule has 3 heterocycles. The summed E-state index contributed by atoms with van der Waals surface area (Å²) >= 11 is 1.97. The van der Waals surface area contributed by atoms with Crippen molar-refractivity contribution in [1.82, 2.24) is 0 Å². The molecule has 0 atom stereocenters. The molecule has 0 radical (unpaired) electrons. The third-order valence-corrected chi connectivity index (χ3v) is 22.1. The molecular formula is C76H82BN3S. The van der Waals surface area contributed by atoms with Crippen molar-refractivity contribution in [3.8, 4) is 0 Å². The molecule has 0 bridgehead atoms. The van der Waals surface area contributed by atoms with Crippen molar-refractivity contribution in [1.29, 1.82) is 0 Å². The Morgan fingerprint density at radius 1 is 0.407 bits per heavy atom. The van der Waals surface area contributed by atoms with Crippen LogP contribution in [-0.4, -0.2) is 6.71 Å². The third kappa shape index (κ3) is 7.93. The monoisotopic (exact) mass is 1080 g/mol. The molecule has 0 saturated carbocycles. The molecule has 0 unspecified atom stereocenters. The van der Waals surface area contributed by atoms with Crippen LogP contribution in [0.1, 0.15) is 181 Å². The van der Waals surface area contributed by atoms with Crippen molar-refractivity contribution < 1.29 is 0 Å². The van der Waals surface area contributed by atoms with Crippen LogP contribution in [0.2, 0.25) is 0 Å². The SMILES string of the molecule is CC(C)(C)c1ccc(N2c3cc4c(cc3B3c5cc6c(cc5N(c5ccc7c(c5)C(C)(C)CCC7(C)C)c5cc(N(c7ccccc7)c7ccccc7)cc2c53)C(C)(C)CCC6(C)C)C(C)(C)CCC4(C)C)c2sc3ccccc3c12. The summed E-state index contributed by atoms with van der Waals surface area (Å²) in [4.78, 5) is 8.04. The first kappa shape index (κ1) is 52.5. The summed E-state index contributed by atoms with van der Waals surface area (Å²) in [6.07, 6.45) is 6.95. The van der Waals surface area contributed by atoms with Gasteiger partial charge in [-0.15, -0.1) is 11.3 Å². The highest BCUT2D eigenvalue weighted by molar-refractivity contribution is 7.26. The van der Waals surface area contributed by atoms with Gasteiger partial charge >= 0.3 is 0 Å². The Kier molecular flexibility index (Phi) is 11.3. The number of rotatable bonds is 5. The molecule has 5 heteroatoms. The van der Waals surface area contributed by atoms with Gasteiger partial charge in [0.1, 0.15) is 0 Å². The summed E-state index contributed by atoms with van der Waals surface area (Å²) in [6, 6.07) is 60.1. The summed E-state index contributed by atoms with van der Waals surface area (Å²) < 4.78 is 2.68. The fourth-order valence-corrected chi connectivity index (χ4v) is 16.9. The van der Waals surface area contributed by atoms with Crippen LogP contribution in [-0.2, 0) is 37.9 Å². The Balaban J connectivity index is 1.19. The molecular weight excluding hydrogens is 998 g/mol. The van der Waals surface area contributed by atoms with E-state index in [2.05, 4.69) is 270 Å². The summed E-state index contributed by atoms with van der Waals surface area (Å²) in [5.74, 6) is 0. The maximum absolute atomic E-state index is 2.78. The number of para-hydroxylation sites is 2. The quantitative estimate of drug-likeness (QED) is 0.159. The van der Waals surface area contributed by atoms with Crippen LogP contribution in [0, 0.1) is 0 Å². The third-order valence-electron chi connectivity index (χ3n) is 20.9. The van der Waals surface area contributed by atoms with Gasteiger partial charge in [-0.25, -0.2) is 0 Å². The van der Waals surface area contributed by atoms with Gasteiger partial charge in [0.15, 0.2) is 0 Å². The molecule has 1 aromatic heterocycles. The maximum Gasteiger partial charge on any atom is 0.252 e. The summed E-state index contributed by atoms with van der Waals surface area (Å²) in [5, 5.41) is 2.73. The van der Waals surface area contributed by atoms with Gasteiger partial charge in [0.05, 0.1) is 16.1 Å². The minimum atomic E-state index is -0.0739. The Hall–Kier alpha value is -6.56. The van der Waals surface area contributed by atoms with Gasteiger partial charge in [0, 0.05) is 55.3 Å². The first-order chi connectivity index (χ1) is 38.3. The zero-order valence-corrected chi connectivity index (χ0v) is 51.8. The van der Waals surface area contributed by atoms with Crippen molar-refractivity contribution in [3.05, 3.63) is 191 Å². The number of hydrogen-bond acceptors (Lipinski definition) is 4. The molecule has 14 rings (SSSR count). The van der Waals surface area contributed by atoms with Crippen molar-refractivity contribution >= 4 is 106 Å². The van der Waals surface area contributed by atoms with E-state index in [0.29, 0.717) is 0 Å². The van der Waals surface area contributed by atoms with Crippen LogP contribution in [0.3, 0.4) is 0 Å². The highest BCUT2D eigenvalue weighted by atomic mass is 32.1. The fourth-order valence-electron chi connectivity index (χ4n) is 15.7. The average Bonchev–Trinajstić information content (AvgIpc) is 2.56. The smallest absolute Gasteiger partial charge is 0.252 e. The first-order valence-corrected chi connectivity index (χ1v) is 31.2. The van der Waals surface area contributed by atoms with Gasteiger partial charge in [0.2, 0.25) is 0 Å². The second-order valence-electron chi connectivity index (χ2n) is 30.1. The summed E-state index contributed by atoms with van der Waals surface area (Å²) in [6.45, 7) is 37.2. The van der Waals surface area contributed by atoms with Gasteiger partial charge in [-0.3, -0.25) is 0 Å². The van der Waals surface area contributed by atoms with Gasteiger partial charge in [-0.1, -0.05) is 183 Å². The highest BCUT2D eigenvalue weighted by Gasteiger charge is 2.50. The Labute approximate surface area is 488 Å². The van der Waals surface area contributed by atoms with E-state index in [1.165, 1.54) is 116 Å². The molecule has 81 heavy (non-hydrogen) atoms. The number of thiophene rings is 1. The first-order valence-electron chi connectivity index (χ1n) is 30.4. The predicted octanol–water partition coefficient (Wildman–Crippen LogP) is 20.0. The lowest BCUT2D eigenvalue weighted by Crippen LogP contribution is -2.62. The second-order valence-corrected chi connectivity index (χ2v) is 31.2. The van der Waals surface area contributed by atoms with Crippen molar-refractivity contribution in [2.75, 3.05) is 14.7 Å². The molecule has 3 nitrogen and oxygen atoms in total. The van der Waals surface area contributed by atoms with E-state index in [1.54, 1.807) is 0 Å². The van der Waals surface area contributed by atoms with E-state index in [-0.39, 0.29) is 44.6 Å². The van der Waals surface area contributed by atoms with Gasteiger partial charge in [0.25, 0.3) is 6.71 Å². The predicted molar refractivity (Wildman–Crippen MR) is 353 cm³/mol. The van der Waals surface area contributed by atoms with Gasteiger partial charge < -0.3 is 14.7 Å². The number of hydrogen-bond donors (Lipinski definition) is 0. The lowest BCUT2D eigenvalue weighted by molar-refractivity contribution is 0.332. The van der Waals surface area contributed by atoms with E-state index in [1.807, 2.05) is 11.3 Å². The Morgan fingerprint density at radius 3 is 1.37 bits per heavy atom. The molecule has 0 N–H and O–H groups in total. The number of nitrogens with zero attached hydrogens (tertiary/aromatic N) is 3. The highest BCUT2D eigenvalue weighted by Crippen LogP contribution is 2.57. The van der Waals surface area contributed by atoms with Crippen molar-refractivity contribution in [2.24, 2.45) is 0 Å². The lowest BCUT2D eigenvalue weighted by atomic mass is 9.32. The minimum Gasteiger partial charge on any atom is -0.311 e. The number of anilines is 9. The molecule has 8 aromatic carbocycles. The molecule has 2 aliphatic heterocycles. The van der Waals surface area contributed by atoms with Crippen LogP contribution in [0.4, 0.5) is 51.2 Å². The molecule has 3 aliphatic carbocycles. The van der Waals surface area contributed by atoms with Crippen LogP contribution in [0.5, 0.6) is 0 Å². The van der Waals surface area contributed by atoms with Crippen LogP contribution < -0.4 is 31.1 Å². The van der Waals surface area contributed by atoms with E-state index in [4.69, 9.17) is 0 Å². The van der Waals surface area contributed by atoms with Crippen LogP contribution >= 0.6 is 11.3 Å². The van der Waals surface area contributed by atoms with E-state index in [0.717, 1.165) is 49.2 Å². The average molecular weight is 1080 g/mol. The van der Waals surface area contributed by atoms with Crippen LogP contribution in [0.25, 0.3) is 20.2 Å². The number of fused-ring (bicyclic) bond motifs is 10. The Bertz CT molecular complexity index is 4030. The molecule has 9 aromatic rings. The largest absolute Gasteiger partial charge is 0.311 e. The minimum absolute atomic E-state index is 0.00289. The lowest BCUT2D eigenvalue weighted by Gasteiger charge is -2.49. The molecule has 410 valence electrons. The van der Waals surface area contributed by atoms with Gasteiger partial charge in [-0.05, 0) is 205 Å². The second kappa shape index (κ2) is 17.5. The molecule has 0 fully saturated rings. The van der Waals surface area contributed by atoms with E-state index in [9.17, 15) is 0 Å². The molecule has 0 spiro atoms.